The summed E-state index contributed by atoms with van der Waals surface area (Å²) in [5.41, 5.74) is 0.804. The number of benzene rings is 2. The molecule has 41 heavy (non-hydrogen) atoms. The zero-order valence-electron chi connectivity index (χ0n) is 24.2. The van der Waals surface area contributed by atoms with Crippen molar-refractivity contribution in [2.45, 2.75) is 59.3 Å². The number of hydrogen-bond donors (Lipinski definition) is 2. The van der Waals surface area contributed by atoms with E-state index in [1.165, 1.54) is 57.4 Å². The largest absolute Gasteiger partial charge is 0.491 e. The molecule has 0 heterocycles. The van der Waals surface area contributed by atoms with E-state index in [0.717, 1.165) is 19.3 Å². The van der Waals surface area contributed by atoms with Crippen molar-refractivity contribution in [3.8, 4) is 34.1 Å². The number of unbranched alkanes of at least 4 members (excludes halogenated alkanes) is 5. The van der Waals surface area contributed by atoms with Gasteiger partial charge in [0.2, 0.25) is 0 Å². The predicted octanol–water partition coefficient (Wildman–Crippen LogP) is 6.17. The number of halogens is 1. The highest BCUT2D eigenvalue weighted by atomic mass is 19.1. The first-order valence-corrected chi connectivity index (χ1v) is 13.8. The third-order valence-corrected chi connectivity index (χ3v) is 6.14. The first-order chi connectivity index (χ1) is 19.6. The average molecular weight is 573 g/mol. The molecule has 224 valence electrons. The summed E-state index contributed by atoms with van der Waals surface area (Å²) in [7, 11) is 0. The van der Waals surface area contributed by atoms with Crippen molar-refractivity contribution in [1.82, 2.24) is 0 Å². The first-order valence-electron chi connectivity index (χ1n) is 13.8. The lowest BCUT2D eigenvalue weighted by Crippen LogP contribution is -2.20. The maximum atomic E-state index is 15.1. The maximum Gasteiger partial charge on any atom is 0.338 e. The van der Waals surface area contributed by atoms with E-state index >= 15 is 4.39 Å². The number of aliphatic hydroxyl groups excluding tert-OH is 2. The monoisotopic (exact) mass is 572 g/mol. The fourth-order valence-electron chi connectivity index (χ4n) is 3.64. The lowest BCUT2D eigenvalue weighted by atomic mass is 10.0. The van der Waals surface area contributed by atoms with E-state index in [1.807, 2.05) is 0 Å². The van der Waals surface area contributed by atoms with Crippen LogP contribution >= 0.6 is 0 Å². The van der Waals surface area contributed by atoms with Gasteiger partial charge in [-0.2, -0.15) is 0 Å². The summed E-state index contributed by atoms with van der Waals surface area (Å²) in [4.78, 5) is 24.8. The number of carbonyl (C=O) groups excluding carboxylic acids is 2. The van der Waals surface area contributed by atoms with Gasteiger partial charge in [0.1, 0.15) is 5.75 Å². The molecule has 0 spiro atoms. The molecule has 0 aliphatic carbocycles. The second-order valence-corrected chi connectivity index (χ2v) is 9.94. The van der Waals surface area contributed by atoms with E-state index in [0.29, 0.717) is 12.2 Å². The van der Waals surface area contributed by atoms with Crippen LogP contribution in [-0.4, -0.2) is 48.6 Å². The Morgan fingerprint density at radius 3 is 2.00 bits per heavy atom. The van der Waals surface area contributed by atoms with Crippen LogP contribution in [0.1, 0.15) is 59.3 Å². The van der Waals surface area contributed by atoms with E-state index in [1.54, 1.807) is 6.07 Å². The zero-order chi connectivity index (χ0) is 30.4. The summed E-state index contributed by atoms with van der Waals surface area (Å²) in [6.07, 6.45) is 6.49. The highest BCUT2D eigenvalue weighted by Crippen LogP contribution is 2.42. The third-order valence-electron chi connectivity index (χ3n) is 6.14. The Bertz CT molecular complexity index is 1200. The van der Waals surface area contributed by atoms with Crippen LogP contribution in [0.5, 0.6) is 23.0 Å². The molecule has 0 fully saturated rings. The van der Waals surface area contributed by atoms with Gasteiger partial charge in [0, 0.05) is 28.7 Å². The molecule has 8 nitrogen and oxygen atoms in total. The van der Waals surface area contributed by atoms with E-state index in [2.05, 4.69) is 20.1 Å². The molecule has 0 radical (unpaired) electrons. The minimum Gasteiger partial charge on any atom is -0.491 e. The van der Waals surface area contributed by atoms with Gasteiger partial charge in [-0.25, -0.2) is 14.0 Å². The smallest absolute Gasteiger partial charge is 0.338 e. The third kappa shape index (κ3) is 10.7. The van der Waals surface area contributed by atoms with Crippen molar-refractivity contribution >= 4 is 11.9 Å². The van der Waals surface area contributed by atoms with Crippen molar-refractivity contribution in [2.24, 2.45) is 5.92 Å². The highest BCUT2D eigenvalue weighted by Gasteiger charge is 2.22. The van der Waals surface area contributed by atoms with Crippen LogP contribution in [0.2, 0.25) is 0 Å². The van der Waals surface area contributed by atoms with Gasteiger partial charge < -0.3 is 29.2 Å². The summed E-state index contributed by atoms with van der Waals surface area (Å²) in [6, 6.07) is 7.04. The Hall–Kier alpha value is -3.69. The van der Waals surface area contributed by atoms with Crippen molar-refractivity contribution < 1.29 is 43.1 Å². The van der Waals surface area contributed by atoms with Crippen LogP contribution < -0.4 is 18.9 Å². The predicted molar refractivity (Wildman–Crippen MR) is 155 cm³/mol. The van der Waals surface area contributed by atoms with E-state index in [-0.39, 0.29) is 59.5 Å². The second kappa shape index (κ2) is 17.2. The number of hydrogen-bond acceptors (Lipinski definition) is 8. The Balaban J connectivity index is 2.44. The van der Waals surface area contributed by atoms with Crippen molar-refractivity contribution in [1.29, 1.82) is 0 Å². The van der Waals surface area contributed by atoms with Gasteiger partial charge in [-0.15, -0.1) is 0 Å². The summed E-state index contributed by atoms with van der Waals surface area (Å²) in [5, 5.41) is 18.8. The van der Waals surface area contributed by atoms with E-state index < -0.39 is 23.7 Å². The Morgan fingerprint density at radius 1 is 0.805 bits per heavy atom. The van der Waals surface area contributed by atoms with Gasteiger partial charge in [-0.05, 0) is 44.0 Å². The van der Waals surface area contributed by atoms with Crippen LogP contribution in [0.15, 0.2) is 54.6 Å². The van der Waals surface area contributed by atoms with Crippen LogP contribution in [0.3, 0.4) is 0 Å². The van der Waals surface area contributed by atoms with Crippen LogP contribution in [0.25, 0.3) is 11.1 Å². The van der Waals surface area contributed by atoms with Gasteiger partial charge in [0.15, 0.2) is 23.1 Å². The fourth-order valence-corrected chi connectivity index (χ4v) is 3.64. The number of esters is 2. The molecule has 0 unspecified atom stereocenters. The van der Waals surface area contributed by atoms with Gasteiger partial charge in [-0.3, -0.25) is 0 Å². The SMILES string of the molecule is C=C(C)C(=O)Oc1cc(-c2ccc(OCCCCCCCC)c(F)c2)c(OC(=O)C(=C)C)cc1OCC(CO)CO. The molecule has 0 amide bonds. The Morgan fingerprint density at radius 2 is 1.41 bits per heavy atom. The van der Waals surface area contributed by atoms with E-state index in [9.17, 15) is 19.8 Å². The van der Waals surface area contributed by atoms with Gasteiger partial charge in [0.25, 0.3) is 0 Å². The Kier molecular flexibility index (Phi) is 14.1. The summed E-state index contributed by atoms with van der Waals surface area (Å²) < 4.78 is 37.5. The first kappa shape index (κ1) is 33.5. The highest BCUT2D eigenvalue weighted by molar-refractivity contribution is 5.92. The molecule has 2 N–H and O–H groups in total. The summed E-state index contributed by atoms with van der Waals surface area (Å²) in [6.45, 7) is 11.9. The normalized spacial score (nSPS) is 10.8. The Labute approximate surface area is 241 Å². The fraction of sp³-hybridized carbons (Fsp3) is 0.438. The van der Waals surface area contributed by atoms with E-state index in [4.69, 9.17) is 18.9 Å². The van der Waals surface area contributed by atoms with Crippen LogP contribution in [0.4, 0.5) is 4.39 Å². The summed E-state index contributed by atoms with van der Waals surface area (Å²) in [5.74, 6) is -2.66. The second-order valence-electron chi connectivity index (χ2n) is 9.94. The molecule has 0 saturated carbocycles. The molecule has 0 aliphatic rings. The standard InChI is InChI=1S/C32H41FO8/c1-6-7-8-9-10-11-14-38-27-13-12-24(15-26(27)33)25-16-30(41-32(37)22(4)5)29(39-20-23(18-34)19-35)17-28(25)40-31(36)21(2)3/h12-13,15-17,23,34-35H,2,4,6-11,14,18-20H2,1,3,5H3. The average Bonchev–Trinajstić information content (AvgIpc) is 2.94. The molecule has 2 aromatic carbocycles. The zero-order valence-corrected chi connectivity index (χ0v) is 24.2. The molecule has 0 aromatic heterocycles. The quantitative estimate of drug-likeness (QED) is 0.0944. The van der Waals surface area contributed by atoms with Gasteiger partial charge in [0.05, 0.1) is 26.4 Å². The molecule has 0 aliphatic heterocycles. The number of ether oxygens (including phenoxy) is 4. The molecule has 9 heteroatoms. The molecule has 0 atom stereocenters. The minimum absolute atomic E-state index is 0.000808. The molecule has 0 bridgehead atoms. The molecular weight excluding hydrogens is 531 g/mol. The number of rotatable bonds is 18. The lowest BCUT2D eigenvalue weighted by molar-refractivity contribution is -0.131. The van der Waals surface area contributed by atoms with Gasteiger partial charge in [-0.1, -0.05) is 58.3 Å². The van der Waals surface area contributed by atoms with Gasteiger partial charge >= 0.3 is 11.9 Å². The van der Waals surface area contributed by atoms with Crippen molar-refractivity contribution in [3.63, 3.8) is 0 Å². The topological polar surface area (TPSA) is 112 Å². The van der Waals surface area contributed by atoms with Crippen molar-refractivity contribution in [3.05, 3.63) is 60.5 Å². The molecular formula is C32H41FO8. The molecule has 0 saturated heterocycles. The lowest BCUT2D eigenvalue weighted by Gasteiger charge is -2.19. The number of aliphatic hydroxyl groups is 2. The van der Waals surface area contributed by atoms with Crippen molar-refractivity contribution in [2.75, 3.05) is 26.4 Å². The van der Waals surface area contributed by atoms with Crippen LogP contribution in [0, 0.1) is 11.7 Å². The summed E-state index contributed by atoms with van der Waals surface area (Å²) >= 11 is 0. The molecule has 2 rings (SSSR count). The molecule has 2 aromatic rings. The van der Waals surface area contributed by atoms with Crippen LogP contribution in [-0.2, 0) is 9.59 Å². The number of carbonyl (C=O) groups is 2. The maximum absolute atomic E-state index is 15.1. The minimum atomic E-state index is -0.738.